The van der Waals surface area contributed by atoms with Gasteiger partial charge in [-0.3, -0.25) is 4.79 Å². The highest BCUT2D eigenvalue weighted by molar-refractivity contribution is 5.92. The maximum absolute atomic E-state index is 13.3. The largest absolute Gasteiger partial charge is 0.392 e. The SMILES string of the molecule is CC[C@@]1(C)CC(=O)[C@]2(O)[C@](C)(O1)[C@@H](O)C=C1C(C)(C)CC[C@H](O)[C@@]12C. The van der Waals surface area contributed by atoms with Crippen molar-refractivity contribution in [2.45, 2.75) is 96.2 Å². The number of ether oxygens (including phenoxy) is 1. The van der Waals surface area contributed by atoms with Crippen LogP contribution >= 0.6 is 0 Å². The minimum absolute atomic E-state index is 0.0678. The molecule has 1 heterocycles. The monoisotopic (exact) mass is 352 g/mol. The predicted molar refractivity (Wildman–Crippen MR) is 94.0 cm³/mol. The molecule has 0 amide bonds. The zero-order valence-corrected chi connectivity index (χ0v) is 16.2. The number of carbonyl (C=O) groups is 1. The van der Waals surface area contributed by atoms with Crippen LogP contribution in [0.25, 0.3) is 0 Å². The van der Waals surface area contributed by atoms with E-state index in [0.29, 0.717) is 12.8 Å². The van der Waals surface area contributed by atoms with Crippen LogP contribution in [0, 0.1) is 10.8 Å². The summed E-state index contributed by atoms with van der Waals surface area (Å²) in [5.74, 6) is -0.352. The summed E-state index contributed by atoms with van der Waals surface area (Å²) in [6.07, 6.45) is 1.61. The molecule has 1 aliphatic heterocycles. The number of carbonyl (C=O) groups excluding carboxylic acids is 1. The second kappa shape index (κ2) is 5.16. The highest BCUT2D eigenvalue weighted by atomic mass is 16.6. The lowest BCUT2D eigenvalue weighted by Gasteiger charge is -2.66. The van der Waals surface area contributed by atoms with Crippen LogP contribution in [-0.2, 0) is 9.53 Å². The van der Waals surface area contributed by atoms with Gasteiger partial charge in [0, 0.05) is 6.42 Å². The predicted octanol–water partition coefficient (Wildman–Crippen LogP) is 2.12. The molecule has 2 aliphatic carbocycles. The van der Waals surface area contributed by atoms with Gasteiger partial charge in [-0.15, -0.1) is 0 Å². The molecular formula is C20H32O5. The first-order chi connectivity index (χ1) is 11.3. The second-order valence-electron chi connectivity index (χ2n) is 9.49. The van der Waals surface area contributed by atoms with Gasteiger partial charge in [0.2, 0.25) is 0 Å². The van der Waals surface area contributed by atoms with Crippen molar-refractivity contribution in [3.8, 4) is 0 Å². The summed E-state index contributed by atoms with van der Waals surface area (Å²) < 4.78 is 6.25. The first kappa shape index (κ1) is 19.0. The van der Waals surface area contributed by atoms with Gasteiger partial charge in [-0.05, 0) is 45.4 Å². The van der Waals surface area contributed by atoms with Crippen LogP contribution in [0.1, 0.15) is 67.2 Å². The molecular weight excluding hydrogens is 320 g/mol. The van der Waals surface area contributed by atoms with Crippen molar-refractivity contribution in [1.82, 2.24) is 0 Å². The van der Waals surface area contributed by atoms with Gasteiger partial charge in [-0.2, -0.15) is 0 Å². The van der Waals surface area contributed by atoms with Gasteiger partial charge < -0.3 is 20.1 Å². The molecule has 5 nitrogen and oxygen atoms in total. The van der Waals surface area contributed by atoms with Crippen molar-refractivity contribution in [3.63, 3.8) is 0 Å². The molecule has 5 heteroatoms. The Bertz CT molecular complexity index is 640. The van der Waals surface area contributed by atoms with E-state index in [2.05, 4.69) is 0 Å². The Labute approximate surface area is 150 Å². The molecule has 1 saturated heterocycles. The van der Waals surface area contributed by atoms with E-state index in [9.17, 15) is 20.1 Å². The van der Waals surface area contributed by atoms with Crippen molar-refractivity contribution in [2.75, 3.05) is 0 Å². The summed E-state index contributed by atoms with van der Waals surface area (Å²) in [7, 11) is 0. The standard InChI is InChI=1S/C20H32O5/c1-7-17(4)11-15(23)20(24)18(5)12(10-14(22)19(20,6)25-17)16(2,3)9-8-13(18)21/h10,13-14,21-22,24H,7-9,11H2,1-6H3/t13-,14-,17-,18+,19+,20+/m0/s1. The Kier molecular flexibility index (Phi) is 3.92. The molecule has 0 spiro atoms. The van der Waals surface area contributed by atoms with Gasteiger partial charge in [-0.25, -0.2) is 0 Å². The second-order valence-corrected chi connectivity index (χ2v) is 9.49. The fraction of sp³-hybridized carbons (Fsp3) is 0.850. The number of fused-ring (bicyclic) bond motifs is 3. The van der Waals surface area contributed by atoms with Crippen LogP contribution in [0.2, 0.25) is 0 Å². The molecule has 2 fully saturated rings. The van der Waals surface area contributed by atoms with Crippen molar-refractivity contribution in [1.29, 1.82) is 0 Å². The average Bonchev–Trinajstić information content (AvgIpc) is 2.51. The van der Waals surface area contributed by atoms with Gasteiger partial charge in [0.1, 0.15) is 11.7 Å². The first-order valence-corrected chi connectivity index (χ1v) is 9.33. The quantitative estimate of drug-likeness (QED) is 0.629. The number of ketones is 1. The van der Waals surface area contributed by atoms with Crippen LogP contribution in [0.4, 0.5) is 0 Å². The van der Waals surface area contributed by atoms with Crippen LogP contribution in [-0.4, -0.2) is 50.1 Å². The summed E-state index contributed by atoms with van der Waals surface area (Å²) in [6, 6.07) is 0. The Balaban J connectivity index is 2.29. The van der Waals surface area contributed by atoms with Gasteiger partial charge in [0.15, 0.2) is 11.4 Å². The number of Topliss-reactive ketones (excluding diaryl/α,β-unsaturated/α-hetero) is 1. The molecule has 0 bridgehead atoms. The van der Waals surface area contributed by atoms with E-state index < -0.39 is 34.4 Å². The third kappa shape index (κ3) is 2.07. The zero-order chi connectivity index (χ0) is 19.1. The van der Waals surface area contributed by atoms with Crippen molar-refractivity contribution >= 4 is 5.78 Å². The van der Waals surface area contributed by atoms with Crippen LogP contribution in [0.15, 0.2) is 11.6 Å². The number of rotatable bonds is 1. The molecule has 3 N–H and O–H groups in total. The molecule has 142 valence electrons. The van der Waals surface area contributed by atoms with E-state index in [1.807, 2.05) is 27.7 Å². The summed E-state index contributed by atoms with van der Waals surface area (Å²) in [6.45, 7) is 11.2. The van der Waals surface area contributed by atoms with Gasteiger partial charge in [0.25, 0.3) is 0 Å². The lowest BCUT2D eigenvalue weighted by Crippen LogP contribution is -2.81. The lowest BCUT2D eigenvalue weighted by atomic mass is 9.44. The molecule has 0 unspecified atom stereocenters. The zero-order valence-electron chi connectivity index (χ0n) is 16.2. The smallest absolute Gasteiger partial charge is 0.171 e. The van der Waals surface area contributed by atoms with Crippen molar-refractivity contribution in [3.05, 3.63) is 11.6 Å². The normalized spacial score (nSPS) is 52.2. The Morgan fingerprint density at radius 2 is 1.80 bits per heavy atom. The lowest BCUT2D eigenvalue weighted by molar-refractivity contribution is -0.312. The van der Waals surface area contributed by atoms with E-state index in [-0.39, 0.29) is 17.6 Å². The van der Waals surface area contributed by atoms with E-state index in [1.165, 1.54) is 0 Å². The highest BCUT2D eigenvalue weighted by Crippen LogP contribution is 2.64. The van der Waals surface area contributed by atoms with Crippen LogP contribution < -0.4 is 0 Å². The topological polar surface area (TPSA) is 87.0 Å². The number of aliphatic hydroxyl groups is 3. The van der Waals surface area contributed by atoms with Crippen molar-refractivity contribution < 1.29 is 24.9 Å². The molecule has 3 aliphatic rings. The Morgan fingerprint density at radius 3 is 2.36 bits per heavy atom. The van der Waals surface area contributed by atoms with Crippen LogP contribution in [0.5, 0.6) is 0 Å². The van der Waals surface area contributed by atoms with E-state index in [4.69, 9.17) is 4.74 Å². The molecule has 0 aromatic carbocycles. The van der Waals surface area contributed by atoms with Gasteiger partial charge in [-0.1, -0.05) is 32.4 Å². The van der Waals surface area contributed by atoms with E-state index in [0.717, 1.165) is 12.0 Å². The first-order valence-electron chi connectivity index (χ1n) is 9.33. The Morgan fingerprint density at radius 1 is 1.20 bits per heavy atom. The molecule has 0 radical (unpaired) electrons. The molecule has 1 saturated carbocycles. The highest BCUT2D eigenvalue weighted by Gasteiger charge is 2.75. The minimum atomic E-state index is -1.98. The fourth-order valence-corrected chi connectivity index (χ4v) is 5.60. The van der Waals surface area contributed by atoms with Crippen LogP contribution in [0.3, 0.4) is 0 Å². The maximum Gasteiger partial charge on any atom is 0.171 e. The summed E-state index contributed by atoms with van der Waals surface area (Å²) in [5, 5.41) is 33.7. The third-order valence-electron chi connectivity index (χ3n) is 7.50. The Hall–Kier alpha value is -0.750. The summed E-state index contributed by atoms with van der Waals surface area (Å²) in [4.78, 5) is 13.3. The van der Waals surface area contributed by atoms with Crippen molar-refractivity contribution in [2.24, 2.45) is 10.8 Å². The summed E-state index contributed by atoms with van der Waals surface area (Å²) >= 11 is 0. The minimum Gasteiger partial charge on any atom is -0.392 e. The number of hydrogen-bond donors (Lipinski definition) is 3. The fourth-order valence-electron chi connectivity index (χ4n) is 5.60. The molecule has 0 aromatic rings. The van der Waals surface area contributed by atoms with Gasteiger partial charge in [0.05, 0.1) is 17.1 Å². The molecule has 25 heavy (non-hydrogen) atoms. The van der Waals surface area contributed by atoms with Gasteiger partial charge >= 0.3 is 0 Å². The number of hydrogen-bond acceptors (Lipinski definition) is 5. The third-order valence-corrected chi connectivity index (χ3v) is 7.50. The maximum atomic E-state index is 13.3. The molecule has 3 rings (SSSR count). The average molecular weight is 352 g/mol. The number of aliphatic hydroxyl groups excluding tert-OH is 2. The van der Waals surface area contributed by atoms with E-state index >= 15 is 0 Å². The summed E-state index contributed by atoms with van der Waals surface area (Å²) in [5.41, 5.74) is -4.97. The molecule has 6 atom stereocenters. The molecule has 0 aromatic heterocycles. The van der Waals surface area contributed by atoms with E-state index in [1.54, 1.807) is 19.9 Å².